The molecule has 0 radical (unpaired) electrons. The number of halogens is 3. The Hall–Kier alpha value is -2.23. The molecule has 0 amide bonds. The molecule has 134 valence electrons. The summed E-state index contributed by atoms with van der Waals surface area (Å²) in [5.74, 6) is 0.0371. The van der Waals surface area contributed by atoms with Crippen LogP contribution in [0, 0.1) is 12.7 Å². The van der Waals surface area contributed by atoms with Gasteiger partial charge in [-0.1, -0.05) is 59.6 Å². The number of benzene rings is 3. The van der Waals surface area contributed by atoms with Gasteiger partial charge in [0, 0.05) is 17.8 Å². The number of hydrogen-bond donors (Lipinski definition) is 1. The van der Waals surface area contributed by atoms with Crippen molar-refractivity contribution in [2.24, 2.45) is 0 Å². The van der Waals surface area contributed by atoms with Crippen LogP contribution in [0.15, 0.2) is 60.7 Å². The molecule has 0 heterocycles. The zero-order valence-corrected chi connectivity index (χ0v) is 15.7. The molecule has 0 aliphatic heterocycles. The van der Waals surface area contributed by atoms with Crippen LogP contribution >= 0.6 is 23.2 Å². The van der Waals surface area contributed by atoms with Crippen LogP contribution < -0.4 is 10.1 Å². The van der Waals surface area contributed by atoms with Crippen molar-refractivity contribution in [2.75, 3.05) is 5.32 Å². The Morgan fingerprint density at radius 2 is 1.62 bits per heavy atom. The first-order chi connectivity index (χ1) is 12.5. The van der Waals surface area contributed by atoms with Crippen molar-refractivity contribution >= 4 is 28.9 Å². The molecule has 0 unspecified atom stereocenters. The van der Waals surface area contributed by atoms with E-state index in [1.165, 1.54) is 6.07 Å². The quantitative estimate of drug-likeness (QED) is 0.510. The minimum Gasteiger partial charge on any atom is -0.486 e. The first-order valence-corrected chi connectivity index (χ1v) is 8.94. The fraction of sp³-hybridized carbons (Fsp3) is 0.143. The predicted molar refractivity (Wildman–Crippen MR) is 106 cm³/mol. The fourth-order valence-electron chi connectivity index (χ4n) is 2.59. The van der Waals surface area contributed by atoms with Gasteiger partial charge in [0.15, 0.2) is 5.75 Å². The molecular formula is C21H18Cl2FNO. The lowest BCUT2D eigenvalue weighted by molar-refractivity contribution is 0.300. The molecule has 2 nitrogen and oxygen atoms in total. The van der Waals surface area contributed by atoms with Gasteiger partial charge in [-0.15, -0.1) is 0 Å². The zero-order chi connectivity index (χ0) is 18.5. The Kier molecular flexibility index (Phi) is 6.02. The Bertz CT molecular complexity index is 891. The maximum absolute atomic E-state index is 13.7. The summed E-state index contributed by atoms with van der Waals surface area (Å²) in [5, 5.41) is 4.16. The SMILES string of the molecule is Cc1ccccc1NCc1cc(Cl)c(OCc2ccccc2F)c(Cl)c1. The Labute approximate surface area is 162 Å². The Balaban J connectivity index is 1.70. The lowest BCUT2D eigenvalue weighted by Gasteiger charge is -2.14. The summed E-state index contributed by atoms with van der Waals surface area (Å²) < 4.78 is 19.3. The number of rotatable bonds is 6. The van der Waals surface area contributed by atoms with Crippen LogP contribution in [0.25, 0.3) is 0 Å². The number of nitrogens with one attached hydrogen (secondary N) is 1. The summed E-state index contributed by atoms with van der Waals surface area (Å²) in [6.45, 7) is 2.69. The first kappa shape index (κ1) is 18.6. The van der Waals surface area contributed by atoms with Crippen molar-refractivity contribution in [1.82, 2.24) is 0 Å². The molecule has 3 aromatic rings. The van der Waals surface area contributed by atoms with Crippen molar-refractivity contribution in [3.05, 3.63) is 93.2 Å². The molecule has 0 bridgehead atoms. The standard InChI is InChI=1S/C21H18Cl2FNO/c1-14-6-2-5-9-20(14)25-12-15-10-17(22)21(18(23)11-15)26-13-16-7-3-4-8-19(16)24/h2-11,25H,12-13H2,1H3. The van der Waals surface area contributed by atoms with Gasteiger partial charge in [-0.25, -0.2) is 4.39 Å². The minimum absolute atomic E-state index is 0.0624. The highest BCUT2D eigenvalue weighted by molar-refractivity contribution is 6.37. The van der Waals surface area contributed by atoms with Crippen LogP contribution in [0.5, 0.6) is 5.75 Å². The van der Waals surface area contributed by atoms with E-state index in [-0.39, 0.29) is 12.4 Å². The second kappa shape index (κ2) is 8.43. The Morgan fingerprint density at radius 1 is 0.962 bits per heavy atom. The molecule has 0 aliphatic rings. The molecule has 0 saturated carbocycles. The molecule has 1 N–H and O–H groups in total. The van der Waals surface area contributed by atoms with Crippen molar-refractivity contribution < 1.29 is 9.13 Å². The van der Waals surface area contributed by atoms with E-state index in [4.69, 9.17) is 27.9 Å². The maximum atomic E-state index is 13.7. The average Bonchev–Trinajstić information content (AvgIpc) is 2.62. The summed E-state index contributed by atoms with van der Waals surface area (Å²) >= 11 is 12.6. The molecule has 0 spiro atoms. The normalized spacial score (nSPS) is 10.6. The van der Waals surface area contributed by atoms with Crippen molar-refractivity contribution in [2.45, 2.75) is 20.1 Å². The van der Waals surface area contributed by atoms with Gasteiger partial charge in [-0.05, 0) is 42.3 Å². The number of hydrogen-bond acceptors (Lipinski definition) is 2. The molecule has 3 aromatic carbocycles. The largest absolute Gasteiger partial charge is 0.486 e. The molecule has 0 aromatic heterocycles. The second-order valence-electron chi connectivity index (χ2n) is 5.94. The monoisotopic (exact) mass is 389 g/mol. The molecule has 26 heavy (non-hydrogen) atoms. The summed E-state index contributed by atoms with van der Waals surface area (Å²) in [6, 6.07) is 18.1. The minimum atomic E-state index is -0.321. The number of aryl methyl sites for hydroxylation is 1. The molecule has 5 heteroatoms. The highest BCUT2D eigenvalue weighted by Gasteiger charge is 2.11. The summed E-state index contributed by atoms with van der Waals surface area (Å²) in [4.78, 5) is 0. The smallest absolute Gasteiger partial charge is 0.156 e. The van der Waals surface area contributed by atoms with Gasteiger partial charge in [-0.3, -0.25) is 0 Å². The van der Waals surface area contributed by atoms with Crippen LogP contribution in [0.4, 0.5) is 10.1 Å². The van der Waals surface area contributed by atoms with E-state index in [0.717, 1.165) is 16.8 Å². The van der Waals surface area contributed by atoms with Gasteiger partial charge >= 0.3 is 0 Å². The molecule has 0 atom stereocenters. The van der Waals surface area contributed by atoms with Crippen LogP contribution in [0.3, 0.4) is 0 Å². The predicted octanol–water partition coefficient (Wildman–Crippen LogP) is 6.63. The zero-order valence-electron chi connectivity index (χ0n) is 14.2. The topological polar surface area (TPSA) is 21.3 Å². The fourth-order valence-corrected chi connectivity index (χ4v) is 3.23. The highest BCUT2D eigenvalue weighted by Crippen LogP contribution is 2.35. The van der Waals surface area contributed by atoms with Gasteiger partial charge in [0.25, 0.3) is 0 Å². The lowest BCUT2D eigenvalue weighted by atomic mass is 10.1. The average molecular weight is 390 g/mol. The van der Waals surface area contributed by atoms with Crippen LogP contribution in [0.1, 0.15) is 16.7 Å². The van der Waals surface area contributed by atoms with Gasteiger partial charge < -0.3 is 10.1 Å². The van der Waals surface area contributed by atoms with Crippen LogP contribution in [-0.4, -0.2) is 0 Å². The van der Waals surface area contributed by atoms with E-state index in [1.807, 2.05) is 31.2 Å². The van der Waals surface area contributed by atoms with E-state index in [1.54, 1.807) is 30.3 Å². The van der Waals surface area contributed by atoms with Gasteiger partial charge in [0.2, 0.25) is 0 Å². The van der Waals surface area contributed by atoms with Gasteiger partial charge in [-0.2, -0.15) is 0 Å². The third kappa shape index (κ3) is 4.48. The summed E-state index contributed by atoms with van der Waals surface area (Å²) in [6.07, 6.45) is 0. The summed E-state index contributed by atoms with van der Waals surface area (Å²) in [7, 11) is 0. The maximum Gasteiger partial charge on any atom is 0.156 e. The molecule has 0 aliphatic carbocycles. The molecule has 3 rings (SSSR count). The molecular weight excluding hydrogens is 372 g/mol. The van der Waals surface area contributed by atoms with E-state index < -0.39 is 0 Å². The van der Waals surface area contributed by atoms with E-state index in [0.29, 0.717) is 27.9 Å². The van der Waals surface area contributed by atoms with Crippen molar-refractivity contribution in [3.63, 3.8) is 0 Å². The third-order valence-corrected chi connectivity index (χ3v) is 4.58. The van der Waals surface area contributed by atoms with E-state index in [9.17, 15) is 4.39 Å². The summed E-state index contributed by atoms with van der Waals surface area (Å²) in [5.41, 5.74) is 3.60. The first-order valence-electron chi connectivity index (χ1n) is 8.18. The van der Waals surface area contributed by atoms with Crippen LogP contribution in [0.2, 0.25) is 10.0 Å². The van der Waals surface area contributed by atoms with Crippen LogP contribution in [-0.2, 0) is 13.2 Å². The Morgan fingerprint density at radius 3 is 2.31 bits per heavy atom. The highest BCUT2D eigenvalue weighted by atomic mass is 35.5. The number of para-hydroxylation sites is 1. The number of ether oxygens (including phenoxy) is 1. The third-order valence-electron chi connectivity index (χ3n) is 4.02. The van der Waals surface area contributed by atoms with Crippen molar-refractivity contribution in [3.8, 4) is 5.75 Å². The molecule has 0 fully saturated rings. The lowest BCUT2D eigenvalue weighted by Crippen LogP contribution is -2.03. The second-order valence-corrected chi connectivity index (χ2v) is 6.75. The van der Waals surface area contributed by atoms with E-state index >= 15 is 0 Å². The van der Waals surface area contributed by atoms with E-state index in [2.05, 4.69) is 5.32 Å². The van der Waals surface area contributed by atoms with Crippen molar-refractivity contribution in [1.29, 1.82) is 0 Å². The molecule has 0 saturated heterocycles. The number of anilines is 1. The van der Waals surface area contributed by atoms with Gasteiger partial charge in [0.1, 0.15) is 12.4 Å². The van der Waals surface area contributed by atoms with Gasteiger partial charge in [0.05, 0.1) is 10.0 Å².